The number of aromatic hydroxyl groups is 1. The molecule has 6 aliphatic heterocycles. The largest absolute Gasteiger partial charge is 0.507 e. The highest BCUT2D eigenvalue weighted by atomic mass is 32.1. The zero-order valence-corrected chi connectivity index (χ0v) is 50.5. The number of amides is 2. The van der Waals surface area contributed by atoms with E-state index in [2.05, 4.69) is 50.2 Å². The van der Waals surface area contributed by atoms with Gasteiger partial charge in [0, 0.05) is 96.1 Å². The Balaban J connectivity index is 0.531. The summed E-state index contributed by atoms with van der Waals surface area (Å²) in [6.45, 7) is 21.1. The maximum absolute atomic E-state index is 14.4. The van der Waals surface area contributed by atoms with E-state index >= 15 is 0 Å². The molecule has 2 amide bonds. The molecule has 7 aliphatic rings. The van der Waals surface area contributed by atoms with Gasteiger partial charge in [0.2, 0.25) is 11.8 Å². The number of phenolic OH excluding ortho intramolecular Hbond substituents is 1. The summed E-state index contributed by atoms with van der Waals surface area (Å²) in [4.78, 5) is 48.0. The SMILES string of the molecule is Cc1ncsc1-c1ccc([C@H](C)NC(=O)[C@@H]2C[C@@H](O)CN2C(=O)[C@@H](c2cc(N3CCC(CN4CCC(OC5CC(N6CCC(CN7CCOC8(CCN(c9cc(-c%10ccccc%10O)nnc9N)CC8)C7)CC6)C5)CC4)CC3)no2)C(C)C)cc1. The maximum Gasteiger partial charge on any atom is 0.243 e. The molecule has 20 heteroatoms. The van der Waals surface area contributed by atoms with Gasteiger partial charge in [-0.3, -0.25) is 14.5 Å². The number of aliphatic hydroxyl groups excluding tert-OH is 1. The first-order valence-corrected chi connectivity index (χ1v) is 32.2. The highest BCUT2D eigenvalue weighted by Gasteiger charge is 2.45. The van der Waals surface area contributed by atoms with Gasteiger partial charge in [0.05, 0.1) is 64.0 Å². The Labute approximate surface area is 499 Å². The number of carbonyl (C=O) groups excluding carboxylic acids is 2. The molecular formula is C64H88N12O7S. The molecule has 84 heavy (non-hydrogen) atoms. The number of hydrogen-bond acceptors (Lipinski definition) is 18. The molecule has 5 N–H and O–H groups in total. The van der Waals surface area contributed by atoms with Crippen LogP contribution in [0.15, 0.2) is 70.7 Å². The van der Waals surface area contributed by atoms with Gasteiger partial charge in [-0.05, 0) is 138 Å². The van der Waals surface area contributed by atoms with Crippen molar-refractivity contribution in [2.45, 2.75) is 146 Å². The number of thiazole rings is 1. The van der Waals surface area contributed by atoms with Crippen LogP contribution in [-0.4, -0.2) is 190 Å². The smallest absolute Gasteiger partial charge is 0.243 e. The molecule has 452 valence electrons. The van der Waals surface area contributed by atoms with E-state index in [1.165, 1.54) is 38.8 Å². The number of nitrogens with one attached hydrogen (secondary N) is 1. The zero-order valence-electron chi connectivity index (χ0n) is 49.7. The number of para-hydroxylation sites is 1. The number of β-amino-alcohol motifs (C(OH)–C–C–N with tert-alkyl or cyclic N) is 1. The van der Waals surface area contributed by atoms with Crippen LogP contribution in [0.2, 0.25) is 0 Å². The van der Waals surface area contributed by atoms with E-state index in [0.717, 1.165) is 150 Å². The van der Waals surface area contributed by atoms with E-state index in [1.54, 1.807) is 28.4 Å². The van der Waals surface area contributed by atoms with Crippen LogP contribution in [0.3, 0.4) is 0 Å². The molecule has 7 fully saturated rings. The number of nitrogens with zero attached hydrogens (tertiary/aromatic N) is 10. The second-order valence-electron chi connectivity index (χ2n) is 25.9. The summed E-state index contributed by atoms with van der Waals surface area (Å²) in [7, 11) is 0. The number of nitrogen functional groups attached to an aromatic ring is 1. The number of aromatic nitrogens is 4. The van der Waals surface area contributed by atoms with Gasteiger partial charge in [-0.25, -0.2) is 4.98 Å². The van der Waals surface area contributed by atoms with E-state index in [0.29, 0.717) is 47.0 Å². The summed E-state index contributed by atoms with van der Waals surface area (Å²) in [5.74, 6) is 1.93. The number of morpholine rings is 1. The molecule has 1 aliphatic carbocycles. The topological polar surface area (TPSA) is 215 Å². The van der Waals surface area contributed by atoms with Crippen LogP contribution in [0.1, 0.15) is 120 Å². The molecule has 0 unspecified atom stereocenters. The first kappa shape index (κ1) is 58.6. The first-order valence-electron chi connectivity index (χ1n) is 31.4. The molecule has 19 nitrogen and oxygen atoms in total. The molecule has 1 spiro atoms. The van der Waals surface area contributed by atoms with Gasteiger partial charge in [-0.15, -0.1) is 21.5 Å². The number of likely N-dealkylation sites (tertiary alicyclic amines) is 3. The summed E-state index contributed by atoms with van der Waals surface area (Å²) in [6.07, 6.45) is 11.2. The maximum atomic E-state index is 14.4. The Morgan fingerprint density at radius 3 is 2.25 bits per heavy atom. The van der Waals surface area contributed by atoms with Gasteiger partial charge in [0.1, 0.15) is 17.7 Å². The van der Waals surface area contributed by atoms with Crippen molar-refractivity contribution in [3.8, 4) is 27.4 Å². The molecule has 9 heterocycles. The number of piperidine rings is 4. The third kappa shape index (κ3) is 13.1. The lowest BCUT2D eigenvalue weighted by Crippen LogP contribution is -2.58. The average molecular weight is 1170 g/mol. The normalized spacial score (nSPS) is 25.1. The molecule has 5 aromatic rings. The van der Waals surface area contributed by atoms with E-state index in [4.69, 9.17) is 19.7 Å². The van der Waals surface area contributed by atoms with Crippen LogP contribution in [0.4, 0.5) is 17.3 Å². The monoisotopic (exact) mass is 1170 g/mol. The zero-order chi connectivity index (χ0) is 58.1. The van der Waals surface area contributed by atoms with Crippen molar-refractivity contribution in [1.29, 1.82) is 0 Å². The minimum absolute atomic E-state index is 0.0939. The second kappa shape index (κ2) is 25.7. The number of anilines is 3. The van der Waals surface area contributed by atoms with Crippen LogP contribution in [0, 0.1) is 24.7 Å². The Morgan fingerprint density at radius 2 is 1.55 bits per heavy atom. The third-order valence-corrected chi connectivity index (χ3v) is 20.8. The Morgan fingerprint density at radius 1 is 0.833 bits per heavy atom. The molecule has 3 aromatic heterocycles. The first-order chi connectivity index (χ1) is 40.7. The van der Waals surface area contributed by atoms with E-state index < -0.39 is 18.1 Å². The lowest BCUT2D eigenvalue weighted by Gasteiger charge is -2.49. The van der Waals surface area contributed by atoms with Crippen molar-refractivity contribution in [3.63, 3.8) is 0 Å². The number of aryl methyl sites for hydroxylation is 1. The molecule has 0 radical (unpaired) electrons. The standard InChI is InChI=1S/C64H88N12O7S/c1-41(2)59(63(80)76-38-49(77)33-55(76)62(79)67-42(3)46-9-11-47(12-10-46)60-43(4)66-40-84-60)57-35-58(70-83-57)75-25-15-44(16-26-75)36-71-21-17-50(18-22-71)82-51-31-48(32-51)73-23-13-45(14-24-73)37-72-29-30-81-64(39-72)19-27-74(28-20-64)54-34-53(68-69-61(54)65)52-7-5-6-8-56(52)78/h5-12,34-35,40-42,44-45,48-51,55,59,77-78H,13-33,36-39H2,1-4H3,(H2,65,69)(H,67,79)/t42-,48?,49+,51?,55-,59+/m0/s1. The van der Waals surface area contributed by atoms with Crippen LogP contribution in [-0.2, 0) is 19.1 Å². The lowest BCUT2D eigenvalue weighted by molar-refractivity contribution is -0.141. The fourth-order valence-electron chi connectivity index (χ4n) is 14.7. The molecule has 2 aromatic carbocycles. The predicted octanol–water partition coefficient (Wildman–Crippen LogP) is 7.74. The summed E-state index contributed by atoms with van der Waals surface area (Å²) < 4.78 is 19.3. The summed E-state index contributed by atoms with van der Waals surface area (Å²) in [5.41, 5.74) is 13.3. The summed E-state index contributed by atoms with van der Waals surface area (Å²) in [6, 6.07) is 18.8. The van der Waals surface area contributed by atoms with E-state index in [1.807, 2.05) is 81.7 Å². The molecular weight excluding hydrogens is 1080 g/mol. The van der Waals surface area contributed by atoms with Crippen molar-refractivity contribution in [2.75, 3.05) is 107 Å². The van der Waals surface area contributed by atoms with Gasteiger partial charge < -0.3 is 59.8 Å². The number of rotatable bonds is 17. The number of nitrogens with two attached hydrogens (primary N) is 1. The Kier molecular flexibility index (Phi) is 17.9. The predicted molar refractivity (Wildman–Crippen MR) is 326 cm³/mol. The van der Waals surface area contributed by atoms with Crippen molar-refractivity contribution in [3.05, 3.63) is 83.2 Å². The minimum Gasteiger partial charge on any atom is -0.507 e. The van der Waals surface area contributed by atoms with Crippen molar-refractivity contribution in [1.82, 2.24) is 45.3 Å². The Bertz CT molecular complexity index is 3010. The number of ether oxygens (including phenoxy) is 2. The van der Waals surface area contributed by atoms with Crippen LogP contribution in [0.5, 0.6) is 5.75 Å². The van der Waals surface area contributed by atoms with E-state index in [-0.39, 0.29) is 48.1 Å². The lowest BCUT2D eigenvalue weighted by atomic mass is 9.84. The molecule has 12 rings (SSSR count). The third-order valence-electron chi connectivity index (χ3n) is 19.8. The highest BCUT2D eigenvalue weighted by Crippen LogP contribution is 2.40. The number of phenols is 1. The summed E-state index contributed by atoms with van der Waals surface area (Å²) >= 11 is 1.61. The van der Waals surface area contributed by atoms with Gasteiger partial charge in [-0.2, -0.15) is 0 Å². The molecule has 0 bridgehead atoms. The fraction of sp³-hybridized carbons (Fsp3) is 0.625. The van der Waals surface area contributed by atoms with Crippen molar-refractivity contribution < 1.29 is 33.8 Å². The van der Waals surface area contributed by atoms with Gasteiger partial charge >= 0.3 is 0 Å². The molecule has 4 atom stereocenters. The Hall–Kier alpha value is -5.74. The second-order valence-corrected chi connectivity index (χ2v) is 26.7. The van der Waals surface area contributed by atoms with Crippen molar-refractivity contribution in [2.24, 2.45) is 17.8 Å². The number of carbonyl (C=O) groups is 2. The van der Waals surface area contributed by atoms with Crippen LogP contribution >= 0.6 is 11.3 Å². The van der Waals surface area contributed by atoms with Crippen molar-refractivity contribution >= 4 is 40.5 Å². The number of hydrogen-bond donors (Lipinski definition) is 4. The average Bonchev–Trinajstić information content (AvgIpc) is 3.22. The van der Waals surface area contributed by atoms with Crippen LogP contribution in [0.25, 0.3) is 21.7 Å². The number of benzene rings is 2. The fourth-order valence-corrected chi connectivity index (χ4v) is 15.5. The molecule has 1 saturated carbocycles. The van der Waals surface area contributed by atoms with Gasteiger partial charge in [-0.1, -0.05) is 55.4 Å². The van der Waals surface area contributed by atoms with Crippen LogP contribution < -0.4 is 20.9 Å². The quantitative estimate of drug-likeness (QED) is 0.0700. The van der Waals surface area contributed by atoms with E-state index in [9.17, 15) is 19.8 Å². The minimum atomic E-state index is -0.794. The highest BCUT2D eigenvalue weighted by molar-refractivity contribution is 7.13. The van der Waals surface area contributed by atoms with Gasteiger partial charge in [0.15, 0.2) is 17.4 Å². The summed E-state index contributed by atoms with van der Waals surface area (Å²) in [5, 5.41) is 37.4. The number of aliphatic hydroxyl groups is 1. The van der Waals surface area contributed by atoms with Gasteiger partial charge in [0.25, 0.3) is 0 Å². The molecule has 6 saturated heterocycles.